The normalized spacial score (nSPS) is 15.2. The lowest BCUT2D eigenvalue weighted by atomic mass is 10.1. The van der Waals surface area contributed by atoms with E-state index in [0.29, 0.717) is 6.54 Å². The molecule has 0 spiro atoms. The van der Waals surface area contributed by atoms with Crippen LogP contribution in [0.15, 0.2) is 18.2 Å². The first-order valence-corrected chi connectivity index (χ1v) is 6.36. The SMILES string of the molecule is Cc1ccc2c(c1)N(C)CCCN2CCC(=O)O. The Hall–Kier alpha value is -1.71. The molecular weight excluding hydrogens is 228 g/mol. The zero-order valence-corrected chi connectivity index (χ0v) is 11.0. The summed E-state index contributed by atoms with van der Waals surface area (Å²) in [5, 5.41) is 8.82. The molecular formula is C14H20N2O2. The summed E-state index contributed by atoms with van der Waals surface area (Å²) >= 11 is 0. The minimum atomic E-state index is -0.735. The van der Waals surface area contributed by atoms with E-state index in [1.165, 1.54) is 11.3 Å². The van der Waals surface area contributed by atoms with Gasteiger partial charge in [-0.15, -0.1) is 0 Å². The van der Waals surface area contributed by atoms with Crippen molar-refractivity contribution < 1.29 is 9.90 Å². The topological polar surface area (TPSA) is 43.8 Å². The average molecular weight is 248 g/mol. The third kappa shape index (κ3) is 2.75. The van der Waals surface area contributed by atoms with Gasteiger partial charge in [0, 0.05) is 26.7 Å². The summed E-state index contributed by atoms with van der Waals surface area (Å²) in [6.45, 7) is 4.60. The van der Waals surface area contributed by atoms with Gasteiger partial charge < -0.3 is 14.9 Å². The van der Waals surface area contributed by atoms with Crippen LogP contribution in [0.25, 0.3) is 0 Å². The van der Waals surface area contributed by atoms with Crippen LogP contribution >= 0.6 is 0 Å². The Morgan fingerprint density at radius 3 is 2.83 bits per heavy atom. The van der Waals surface area contributed by atoms with E-state index in [2.05, 4.69) is 42.0 Å². The molecule has 1 aliphatic heterocycles. The molecule has 4 heteroatoms. The van der Waals surface area contributed by atoms with Crippen molar-refractivity contribution in [1.82, 2.24) is 0 Å². The number of rotatable bonds is 3. The molecule has 1 N–H and O–H groups in total. The van der Waals surface area contributed by atoms with E-state index >= 15 is 0 Å². The third-order valence-electron chi connectivity index (χ3n) is 3.40. The van der Waals surface area contributed by atoms with Crippen molar-refractivity contribution in [3.8, 4) is 0 Å². The van der Waals surface area contributed by atoms with E-state index in [9.17, 15) is 4.79 Å². The van der Waals surface area contributed by atoms with Gasteiger partial charge in [0.25, 0.3) is 0 Å². The number of fused-ring (bicyclic) bond motifs is 1. The molecule has 0 unspecified atom stereocenters. The van der Waals surface area contributed by atoms with Crippen LogP contribution in [0.2, 0.25) is 0 Å². The molecule has 1 aromatic carbocycles. The summed E-state index contributed by atoms with van der Waals surface area (Å²) in [5.41, 5.74) is 3.60. The maximum absolute atomic E-state index is 10.7. The maximum atomic E-state index is 10.7. The molecule has 0 aromatic heterocycles. The smallest absolute Gasteiger partial charge is 0.305 e. The van der Waals surface area contributed by atoms with Gasteiger partial charge in [-0.05, 0) is 31.0 Å². The zero-order valence-electron chi connectivity index (χ0n) is 11.0. The molecule has 0 radical (unpaired) electrons. The Morgan fingerprint density at radius 2 is 2.11 bits per heavy atom. The first-order valence-electron chi connectivity index (χ1n) is 6.36. The van der Waals surface area contributed by atoms with Crippen molar-refractivity contribution in [1.29, 1.82) is 0 Å². The number of hydrogen-bond acceptors (Lipinski definition) is 3. The predicted octanol–water partition coefficient (Wildman–Crippen LogP) is 2.12. The lowest BCUT2D eigenvalue weighted by Gasteiger charge is -2.25. The second-order valence-electron chi connectivity index (χ2n) is 4.90. The molecule has 0 fully saturated rings. The summed E-state index contributed by atoms with van der Waals surface area (Å²) in [6.07, 6.45) is 1.25. The van der Waals surface area contributed by atoms with E-state index in [0.717, 1.165) is 25.2 Å². The lowest BCUT2D eigenvalue weighted by molar-refractivity contribution is -0.136. The Morgan fingerprint density at radius 1 is 1.33 bits per heavy atom. The van der Waals surface area contributed by atoms with E-state index < -0.39 is 5.97 Å². The first-order chi connectivity index (χ1) is 8.58. The Balaban J connectivity index is 2.28. The Kier molecular flexibility index (Phi) is 3.75. The van der Waals surface area contributed by atoms with Gasteiger partial charge in [0.15, 0.2) is 0 Å². The molecule has 98 valence electrons. The summed E-state index contributed by atoms with van der Waals surface area (Å²) < 4.78 is 0. The van der Waals surface area contributed by atoms with E-state index in [1.54, 1.807) is 0 Å². The molecule has 0 saturated carbocycles. The van der Waals surface area contributed by atoms with Crippen LogP contribution in [0.1, 0.15) is 18.4 Å². The number of aliphatic carboxylic acids is 1. The van der Waals surface area contributed by atoms with Crippen molar-refractivity contribution in [3.05, 3.63) is 23.8 Å². The third-order valence-corrected chi connectivity index (χ3v) is 3.40. The quantitative estimate of drug-likeness (QED) is 0.890. The number of nitrogens with zero attached hydrogens (tertiary/aromatic N) is 2. The van der Waals surface area contributed by atoms with Gasteiger partial charge in [-0.1, -0.05) is 6.07 Å². The van der Waals surface area contributed by atoms with Gasteiger partial charge >= 0.3 is 5.97 Å². The molecule has 18 heavy (non-hydrogen) atoms. The number of carbonyl (C=O) groups is 1. The van der Waals surface area contributed by atoms with Crippen molar-refractivity contribution in [3.63, 3.8) is 0 Å². The van der Waals surface area contributed by atoms with Crippen LogP contribution in [-0.4, -0.2) is 37.8 Å². The van der Waals surface area contributed by atoms with Crippen molar-refractivity contribution in [2.75, 3.05) is 36.5 Å². The second kappa shape index (κ2) is 5.29. The number of carboxylic acid groups (broad SMARTS) is 1. The van der Waals surface area contributed by atoms with Crippen molar-refractivity contribution in [2.45, 2.75) is 19.8 Å². The van der Waals surface area contributed by atoms with Crippen LogP contribution < -0.4 is 9.80 Å². The highest BCUT2D eigenvalue weighted by molar-refractivity contribution is 5.74. The van der Waals surface area contributed by atoms with Gasteiger partial charge in [-0.2, -0.15) is 0 Å². The molecule has 1 heterocycles. The molecule has 0 saturated heterocycles. The summed E-state index contributed by atoms with van der Waals surface area (Å²) in [4.78, 5) is 15.2. The lowest BCUT2D eigenvalue weighted by Crippen LogP contribution is -2.26. The fourth-order valence-electron chi connectivity index (χ4n) is 2.41. The average Bonchev–Trinajstić information content (AvgIpc) is 2.47. The summed E-state index contributed by atoms with van der Waals surface area (Å²) in [6, 6.07) is 6.37. The van der Waals surface area contributed by atoms with Crippen molar-refractivity contribution >= 4 is 17.3 Å². The predicted molar refractivity (Wildman–Crippen MR) is 73.5 cm³/mol. The van der Waals surface area contributed by atoms with Crippen LogP contribution in [0, 0.1) is 6.92 Å². The first kappa shape index (κ1) is 12.7. The second-order valence-corrected chi connectivity index (χ2v) is 4.90. The molecule has 4 nitrogen and oxygen atoms in total. The number of benzene rings is 1. The highest BCUT2D eigenvalue weighted by Gasteiger charge is 2.18. The number of aryl methyl sites for hydroxylation is 1. The Bertz CT molecular complexity index is 445. The molecule has 0 amide bonds. The largest absolute Gasteiger partial charge is 0.481 e. The molecule has 1 aromatic rings. The summed E-state index contributed by atoms with van der Waals surface area (Å²) in [7, 11) is 2.10. The Labute approximate surface area is 108 Å². The highest BCUT2D eigenvalue weighted by Crippen LogP contribution is 2.32. The fraction of sp³-hybridized carbons (Fsp3) is 0.500. The zero-order chi connectivity index (χ0) is 13.1. The van der Waals surface area contributed by atoms with E-state index in [4.69, 9.17) is 5.11 Å². The number of anilines is 2. The summed E-state index contributed by atoms with van der Waals surface area (Å²) in [5.74, 6) is -0.735. The van der Waals surface area contributed by atoms with Gasteiger partial charge in [-0.3, -0.25) is 4.79 Å². The van der Waals surface area contributed by atoms with Gasteiger partial charge in [0.05, 0.1) is 17.8 Å². The van der Waals surface area contributed by atoms with Crippen LogP contribution in [0.3, 0.4) is 0 Å². The molecule has 1 aliphatic rings. The van der Waals surface area contributed by atoms with E-state index in [1.807, 2.05) is 0 Å². The van der Waals surface area contributed by atoms with E-state index in [-0.39, 0.29) is 6.42 Å². The number of carboxylic acids is 1. The monoisotopic (exact) mass is 248 g/mol. The molecule has 0 bridgehead atoms. The van der Waals surface area contributed by atoms with Crippen molar-refractivity contribution in [2.24, 2.45) is 0 Å². The number of hydrogen-bond donors (Lipinski definition) is 1. The van der Waals surface area contributed by atoms with Gasteiger partial charge in [-0.25, -0.2) is 0 Å². The van der Waals surface area contributed by atoms with Crippen LogP contribution in [0.5, 0.6) is 0 Å². The highest BCUT2D eigenvalue weighted by atomic mass is 16.4. The molecule has 0 aliphatic carbocycles. The minimum absolute atomic E-state index is 0.191. The minimum Gasteiger partial charge on any atom is -0.481 e. The molecule has 2 rings (SSSR count). The molecule has 0 atom stereocenters. The van der Waals surface area contributed by atoms with Crippen LogP contribution in [0.4, 0.5) is 11.4 Å². The van der Waals surface area contributed by atoms with Crippen LogP contribution in [-0.2, 0) is 4.79 Å². The maximum Gasteiger partial charge on any atom is 0.305 e. The van der Waals surface area contributed by atoms with Gasteiger partial charge in [0.1, 0.15) is 0 Å². The fourth-order valence-corrected chi connectivity index (χ4v) is 2.41. The standard InChI is InChI=1S/C14H20N2O2/c1-11-4-5-12-13(10-11)15(2)7-3-8-16(12)9-6-14(17)18/h4-5,10H,3,6-9H2,1-2H3,(H,17,18). The van der Waals surface area contributed by atoms with Gasteiger partial charge in [0.2, 0.25) is 0 Å².